The minimum atomic E-state index is -1.09. The molecule has 4 N–H and O–H groups in total. The van der Waals surface area contributed by atoms with Gasteiger partial charge < -0.3 is 20.9 Å². The molecule has 0 fully saturated rings. The average Bonchev–Trinajstić information content (AvgIpc) is 3.33. The molecule has 10 heteroatoms. The van der Waals surface area contributed by atoms with Crippen molar-refractivity contribution in [3.05, 3.63) is 89.3 Å². The monoisotopic (exact) mass is 502 g/mol. The lowest BCUT2D eigenvalue weighted by Gasteiger charge is -2.23. The first-order chi connectivity index (χ1) is 17.3. The fourth-order valence-corrected chi connectivity index (χ4v) is 4.01. The van der Waals surface area contributed by atoms with Crippen molar-refractivity contribution in [2.45, 2.75) is 0 Å². The first-order valence-corrected chi connectivity index (χ1v) is 11.6. The Bertz CT molecular complexity index is 1380. The van der Waals surface area contributed by atoms with Crippen LogP contribution in [0.25, 0.3) is 11.3 Å². The van der Waals surface area contributed by atoms with Gasteiger partial charge in [-0.2, -0.15) is 0 Å². The number of hydrogen-bond acceptors (Lipinski definition) is 7. The van der Waals surface area contributed by atoms with E-state index in [9.17, 15) is 14.4 Å². The zero-order valence-electron chi connectivity index (χ0n) is 19.2. The molecule has 0 saturated carbocycles. The number of thiazole rings is 1. The largest absolute Gasteiger partial charge is 0.497 e. The minimum Gasteiger partial charge on any atom is -0.497 e. The summed E-state index contributed by atoms with van der Waals surface area (Å²) in [5.74, 6) is -1.36. The number of aromatic carboxylic acids is 1. The number of carboxylic acids is 1. The maximum Gasteiger partial charge on any atom is 0.335 e. The molecule has 1 heterocycles. The molecule has 3 aromatic carbocycles. The third-order valence-corrected chi connectivity index (χ3v) is 5.97. The molecule has 182 valence electrons. The lowest BCUT2D eigenvalue weighted by atomic mass is 10.1. The molecule has 0 saturated heterocycles. The normalized spacial score (nSPS) is 10.5. The SMILES string of the molecule is COc1ccc(N(CC(=O)Nc2ccc(-c3csc(N)n3)cc2)C(=O)c2ccc(C(=O)O)cc2)cc1. The summed E-state index contributed by atoms with van der Waals surface area (Å²) in [5.41, 5.74) is 8.65. The van der Waals surface area contributed by atoms with Crippen molar-refractivity contribution in [1.82, 2.24) is 4.98 Å². The van der Waals surface area contributed by atoms with E-state index in [0.717, 1.165) is 11.3 Å². The van der Waals surface area contributed by atoms with Crippen molar-refractivity contribution in [1.29, 1.82) is 0 Å². The van der Waals surface area contributed by atoms with E-state index in [2.05, 4.69) is 10.3 Å². The molecule has 4 rings (SSSR count). The summed E-state index contributed by atoms with van der Waals surface area (Å²) < 4.78 is 5.18. The second kappa shape index (κ2) is 10.7. The van der Waals surface area contributed by atoms with Gasteiger partial charge in [0.15, 0.2) is 5.13 Å². The van der Waals surface area contributed by atoms with E-state index in [1.54, 1.807) is 36.4 Å². The molecule has 2 amide bonds. The number of benzene rings is 3. The van der Waals surface area contributed by atoms with E-state index in [0.29, 0.717) is 22.3 Å². The van der Waals surface area contributed by atoms with E-state index in [1.165, 1.54) is 47.6 Å². The number of hydrogen-bond donors (Lipinski definition) is 3. The van der Waals surface area contributed by atoms with Crippen LogP contribution in [0.5, 0.6) is 5.75 Å². The van der Waals surface area contributed by atoms with E-state index >= 15 is 0 Å². The van der Waals surface area contributed by atoms with Crippen LogP contribution < -0.4 is 20.7 Å². The lowest BCUT2D eigenvalue weighted by molar-refractivity contribution is -0.114. The van der Waals surface area contributed by atoms with Crippen LogP contribution in [0.1, 0.15) is 20.7 Å². The predicted molar refractivity (Wildman–Crippen MR) is 139 cm³/mol. The van der Waals surface area contributed by atoms with Gasteiger partial charge in [0.25, 0.3) is 5.91 Å². The molecule has 0 aliphatic carbocycles. The molecule has 0 spiro atoms. The quantitative estimate of drug-likeness (QED) is 0.325. The Balaban J connectivity index is 1.53. The Morgan fingerprint density at radius 3 is 2.17 bits per heavy atom. The van der Waals surface area contributed by atoms with Gasteiger partial charge in [-0.3, -0.25) is 14.5 Å². The Kier molecular flexibility index (Phi) is 7.26. The summed E-state index contributed by atoms with van der Waals surface area (Å²) in [6.45, 7) is -0.268. The third kappa shape index (κ3) is 5.68. The number of nitrogen functional groups attached to an aromatic ring is 1. The zero-order valence-corrected chi connectivity index (χ0v) is 20.0. The van der Waals surface area contributed by atoms with Crippen LogP contribution >= 0.6 is 11.3 Å². The molecule has 0 bridgehead atoms. The van der Waals surface area contributed by atoms with Gasteiger partial charge in [-0.25, -0.2) is 9.78 Å². The predicted octanol–water partition coefficient (Wildman–Crippen LogP) is 4.38. The number of ether oxygens (including phenoxy) is 1. The second-order valence-corrected chi connectivity index (χ2v) is 8.56. The molecule has 0 unspecified atom stereocenters. The highest BCUT2D eigenvalue weighted by Gasteiger charge is 2.21. The number of carboxylic acid groups (broad SMARTS) is 1. The molecule has 9 nitrogen and oxygen atoms in total. The Hall–Kier alpha value is -4.70. The molecule has 36 heavy (non-hydrogen) atoms. The summed E-state index contributed by atoms with van der Waals surface area (Å²) in [4.78, 5) is 43.0. The van der Waals surface area contributed by atoms with Gasteiger partial charge in [0.1, 0.15) is 12.3 Å². The highest BCUT2D eigenvalue weighted by molar-refractivity contribution is 7.13. The van der Waals surface area contributed by atoms with Crippen LogP contribution in [0, 0.1) is 0 Å². The second-order valence-electron chi connectivity index (χ2n) is 7.67. The Morgan fingerprint density at radius 2 is 1.61 bits per heavy atom. The third-order valence-electron chi connectivity index (χ3n) is 5.30. The first kappa shape index (κ1) is 24.4. The minimum absolute atomic E-state index is 0.0593. The van der Waals surface area contributed by atoms with Gasteiger partial charge in [-0.05, 0) is 60.7 Å². The van der Waals surface area contributed by atoms with Crippen molar-refractivity contribution in [2.75, 3.05) is 29.6 Å². The highest BCUT2D eigenvalue weighted by Crippen LogP contribution is 2.25. The molecular weight excluding hydrogens is 480 g/mol. The smallest absolute Gasteiger partial charge is 0.335 e. The van der Waals surface area contributed by atoms with Crippen LogP contribution in [0.2, 0.25) is 0 Å². The number of carbonyl (C=O) groups excluding carboxylic acids is 2. The lowest BCUT2D eigenvalue weighted by Crippen LogP contribution is -2.38. The molecule has 0 aliphatic heterocycles. The van der Waals surface area contributed by atoms with Gasteiger partial charge in [0.05, 0.1) is 18.4 Å². The zero-order chi connectivity index (χ0) is 25.7. The summed E-state index contributed by atoms with van der Waals surface area (Å²) in [6.07, 6.45) is 0. The number of nitrogens with one attached hydrogen (secondary N) is 1. The first-order valence-electron chi connectivity index (χ1n) is 10.7. The standard InChI is InChI=1S/C26H22N4O5S/c1-35-21-12-10-20(11-13-21)30(24(32)17-2-4-18(5-3-17)25(33)34)14-23(31)28-19-8-6-16(7-9-19)22-15-36-26(27)29-22/h2-13,15H,14H2,1H3,(H2,27,29)(H,28,31)(H,33,34). The molecule has 0 atom stereocenters. The fourth-order valence-electron chi connectivity index (χ4n) is 3.44. The summed E-state index contributed by atoms with van der Waals surface area (Å²) in [6, 6.07) is 19.4. The fraction of sp³-hybridized carbons (Fsp3) is 0.0769. The van der Waals surface area contributed by atoms with Crippen LogP contribution in [-0.2, 0) is 4.79 Å². The number of anilines is 3. The van der Waals surface area contributed by atoms with Crippen LogP contribution in [0.3, 0.4) is 0 Å². The van der Waals surface area contributed by atoms with Gasteiger partial charge >= 0.3 is 5.97 Å². The van der Waals surface area contributed by atoms with Crippen molar-refractivity contribution in [3.8, 4) is 17.0 Å². The number of nitrogens with two attached hydrogens (primary N) is 1. The number of nitrogens with zero attached hydrogens (tertiary/aromatic N) is 2. The highest BCUT2D eigenvalue weighted by atomic mass is 32.1. The summed E-state index contributed by atoms with van der Waals surface area (Å²) in [5, 5.41) is 14.3. The van der Waals surface area contributed by atoms with Crippen LogP contribution in [-0.4, -0.2) is 41.5 Å². The van der Waals surface area contributed by atoms with Gasteiger partial charge in [0, 0.05) is 27.9 Å². The number of aromatic nitrogens is 1. The van der Waals surface area contributed by atoms with E-state index in [1.807, 2.05) is 17.5 Å². The molecule has 0 aliphatic rings. The number of carbonyl (C=O) groups is 3. The summed E-state index contributed by atoms with van der Waals surface area (Å²) >= 11 is 1.35. The van der Waals surface area contributed by atoms with Gasteiger partial charge in [-0.15, -0.1) is 11.3 Å². The van der Waals surface area contributed by atoms with E-state index < -0.39 is 17.8 Å². The Morgan fingerprint density at radius 1 is 0.972 bits per heavy atom. The van der Waals surface area contributed by atoms with E-state index in [-0.39, 0.29) is 17.7 Å². The van der Waals surface area contributed by atoms with E-state index in [4.69, 9.17) is 15.6 Å². The number of rotatable bonds is 8. The number of methoxy groups -OCH3 is 1. The van der Waals surface area contributed by atoms with Crippen molar-refractivity contribution >= 4 is 45.6 Å². The van der Waals surface area contributed by atoms with Crippen LogP contribution in [0.4, 0.5) is 16.5 Å². The van der Waals surface area contributed by atoms with Gasteiger partial charge in [-0.1, -0.05) is 12.1 Å². The molecule has 4 aromatic rings. The van der Waals surface area contributed by atoms with Crippen molar-refractivity contribution < 1.29 is 24.2 Å². The average molecular weight is 503 g/mol. The number of amides is 2. The maximum atomic E-state index is 13.3. The van der Waals surface area contributed by atoms with Crippen molar-refractivity contribution in [2.24, 2.45) is 0 Å². The van der Waals surface area contributed by atoms with Crippen LogP contribution in [0.15, 0.2) is 78.2 Å². The van der Waals surface area contributed by atoms with Crippen molar-refractivity contribution in [3.63, 3.8) is 0 Å². The molecule has 1 aromatic heterocycles. The molecular formula is C26H22N4O5S. The summed E-state index contributed by atoms with van der Waals surface area (Å²) in [7, 11) is 1.53. The molecule has 0 radical (unpaired) electrons. The Labute approximate surface area is 210 Å². The topological polar surface area (TPSA) is 135 Å². The maximum absolute atomic E-state index is 13.3. The van der Waals surface area contributed by atoms with Gasteiger partial charge in [0.2, 0.25) is 5.91 Å².